The van der Waals surface area contributed by atoms with Crippen LogP contribution in [-0.4, -0.2) is 51.8 Å². The van der Waals surface area contributed by atoms with Crippen molar-refractivity contribution in [1.29, 1.82) is 0 Å². The molecule has 3 aromatic rings. The van der Waals surface area contributed by atoms with Crippen LogP contribution < -0.4 is 10.6 Å². The lowest BCUT2D eigenvalue weighted by Crippen LogP contribution is -2.56. The summed E-state index contributed by atoms with van der Waals surface area (Å²) in [7, 11) is 0. The summed E-state index contributed by atoms with van der Waals surface area (Å²) < 4.78 is 14.3. The first-order valence-corrected chi connectivity index (χ1v) is 15.3. The van der Waals surface area contributed by atoms with Crippen molar-refractivity contribution in [2.45, 2.75) is 69.9 Å². The van der Waals surface area contributed by atoms with Gasteiger partial charge in [0.05, 0.1) is 17.8 Å². The average molecular weight is 680 g/mol. The number of ether oxygens (including phenoxy) is 2. The van der Waals surface area contributed by atoms with Gasteiger partial charge in [-0.05, 0) is 72.2 Å². The molecule has 0 aliphatic carbocycles. The quantitative estimate of drug-likeness (QED) is 0.114. The molecule has 2 amide bonds. The Morgan fingerprint density at radius 2 is 1.81 bits per heavy atom. The van der Waals surface area contributed by atoms with Crippen LogP contribution in [0.25, 0.3) is 11.1 Å². The third kappa shape index (κ3) is 5.95. The monoisotopic (exact) mass is 679 g/mol. The lowest BCUT2D eigenvalue weighted by Gasteiger charge is -2.46. The molecule has 2 bridgehead atoms. The Morgan fingerprint density at radius 1 is 1.05 bits per heavy atom. The summed E-state index contributed by atoms with van der Waals surface area (Å²) in [5, 5.41) is 5.89. The zero-order valence-corrected chi connectivity index (χ0v) is 25.7. The van der Waals surface area contributed by atoms with Crippen molar-refractivity contribution in [3.63, 3.8) is 0 Å². The van der Waals surface area contributed by atoms with Crippen molar-refractivity contribution in [1.82, 2.24) is 3.11 Å². The van der Waals surface area contributed by atoms with Gasteiger partial charge in [0.1, 0.15) is 24.6 Å². The van der Waals surface area contributed by atoms with E-state index >= 15 is 0 Å². The lowest BCUT2D eigenvalue weighted by atomic mass is 9.77. The Hall–Kier alpha value is -3.28. The molecule has 8 nitrogen and oxygen atoms in total. The number of nitrogens with one attached hydrogen (secondary N) is 2. The first-order valence-electron chi connectivity index (χ1n) is 14.3. The fraction of sp³-hybridized carbons (Fsp3) is 0.364. The SMILES string of the molecule is CC1(C)CC(OC(=O)Nc2ccc(CCCC(=O)Nc3ccc(C=O)cc3)cc2-c2ccccc2)C2C3OC3C1N2I. The Morgan fingerprint density at radius 3 is 2.55 bits per heavy atom. The van der Waals surface area contributed by atoms with Gasteiger partial charge < -0.3 is 14.8 Å². The highest BCUT2D eigenvalue weighted by Crippen LogP contribution is 2.57. The van der Waals surface area contributed by atoms with E-state index in [1.165, 1.54) is 0 Å². The minimum atomic E-state index is -0.467. The minimum Gasteiger partial charge on any atom is -0.444 e. The summed E-state index contributed by atoms with van der Waals surface area (Å²) in [6.07, 6.45) is 2.96. The van der Waals surface area contributed by atoms with Crippen molar-refractivity contribution in [3.05, 3.63) is 83.9 Å². The summed E-state index contributed by atoms with van der Waals surface area (Å²) in [5.74, 6) is -0.0781. The van der Waals surface area contributed by atoms with Crippen LogP contribution in [0.3, 0.4) is 0 Å². The van der Waals surface area contributed by atoms with Gasteiger partial charge in [-0.2, -0.15) is 0 Å². The molecule has 3 heterocycles. The molecule has 6 rings (SSSR count). The molecule has 0 radical (unpaired) electrons. The van der Waals surface area contributed by atoms with Crippen LogP contribution in [-0.2, 0) is 20.7 Å². The number of aldehydes is 1. The maximum absolute atomic E-state index is 13.2. The van der Waals surface area contributed by atoms with Gasteiger partial charge in [0.15, 0.2) is 0 Å². The number of benzene rings is 3. The maximum Gasteiger partial charge on any atom is 0.411 e. The van der Waals surface area contributed by atoms with E-state index in [1.54, 1.807) is 24.3 Å². The highest BCUT2D eigenvalue weighted by molar-refractivity contribution is 14.1. The molecule has 3 fully saturated rings. The van der Waals surface area contributed by atoms with Gasteiger partial charge in [-0.15, -0.1) is 0 Å². The summed E-state index contributed by atoms with van der Waals surface area (Å²) in [5.41, 5.74) is 4.84. The third-order valence-electron chi connectivity index (χ3n) is 8.53. The lowest BCUT2D eigenvalue weighted by molar-refractivity contribution is -0.116. The normalized spacial score (nSPS) is 25.3. The molecule has 9 heteroatoms. The molecular weight excluding hydrogens is 645 g/mol. The van der Waals surface area contributed by atoms with Crippen LogP contribution in [0.4, 0.5) is 16.2 Å². The molecule has 42 heavy (non-hydrogen) atoms. The number of carbonyl (C=O) groups excluding carboxylic acids is 3. The van der Waals surface area contributed by atoms with Crippen LogP contribution in [0.15, 0.2) is 72.8 Å². The minimum absolute atomic E-state index is 0.0205. The molecule has 5 atom stereocenters. The highest BCUT2D eigenvalue weighted by Gasteiger charge is 2.70. The number of morpholine rings is 1. The number of hydrogen-bond donors (Lipinski definition) is 2. The zero-order valence-electron chi connectivity index (χ0n) is 23.6. The van der Waals surface area contributed by atoms with Gasteiger partial charge in [-0.3, -0.25) is 14.9 Å². The average Bonchev–Trinajstić information content (AvgIpc) is 3.68. The van der Waals surface area contributed by atoms with E-state index in [0.717, 1.165) is 29.4 Å². The number of halogens is 1. The number of nitrogens with zero attached hydrogens (tertiary/aromatic N) is 1. The van der Waals surface area contributed by atoms with Crippen molar-refractivity contribution in [2.24, 2.45) is 5.41 Å². The number of anilines is 2. The van der Waals surface area contributed by atoms with E-state index in [4.69, 9.17) is 9.47 Å². The zero-order chi connectivity index (χ0) is 29.4. The van der Waals surface area contributed by atoms with Gasteiger partial charge in [0.25, 0.3) is 0 Å². The van der Waals surface area contributed by atoms with Gasteiger partial charge >= 0.3 is 6.09 Å². The van der Waals surface area contributed by atoms with E-state index in [0.29, 0.717) is 42.2 Å². The number of amides is 2. The molecule has 0 spiro atoms. The predicted octanol–water partition coefficient (Wildman–Crippen LogP) is 6.64. The molecule has 2 N–H and O–H groups in total. The van der Waals surface area contributed by atoms with Crippen LogP contribution in [0.5, 0.6) is 0 Å². The van der Waals surface area contributed by atoms with Crippen LogP contribution in [0.1, 0.15) is 49.0 Å². The second-order valence-electron chi connectivity index (χ2n) is 12.0. The molecule has 3 aliphatic rings. The number of fused-ring (bicyclic) bond motifs is 5. The van der Waals surface area contributed by atoms with E-state index in [9.17, 15) is 14.4 Å². The topological polar surface area (TPSA) is 100 Å². The van der Waals surface area contributed by atoms with Crippen molar-refractivity contribution in [2.75, 3.05) is 10.6 Å². The number of aryl methyl sites for hydroxylation is 1. The molecule has 5 unspecified atom stereocenters. The number of piperidine rings is 1. The highest BCUT2D eigenvalue weighted by atomic mass is 127. The van der Waals surface area contributed by atoms with Gasteiger partial charge in [0, 0.05) is 46.1 Å². The second-order valence-corrected chi connectivity index (χ2v) is 13.1. The van der Waals surface area contributed by atoms with E-state index in [2.05, 4.69) is 56.5 Å². The van der Waals surface area contributed by atoms with Crippen LogP contribution >= 0.6 is 22.9 Å². The molecule has 3 aromatic carbocycles. The van der Waals surface area contributed by atoms with Crippen molar-refractivity contribution in [3.8, 4) is 11.1 Å². The molecular formula is C33H34IN3O5. The molecule has 3 aliphatic heterocycles. The largest absolute Gasteiger partial charge is 0.444 e. The standard InChI is InChI=1S/C33H34IN3O5/c1-33(2)18-26(28-29-30(42-29)31(33)37(28)34)41-32(40)36-25-16-13-20(17-24(25)22-8-4-3-5-9-22)7-6-10-27(39)35-23-14-11-21(19-38)12-15-23/h3-5,8-9,11-17,19,26,28-31H,6-7,10,18H2,1-2H3,(H,35,39)(H,36,40). The summed E-state index contributed by atoms with van der Waals surface area (Å²) >= 11 is 2.37. The summed E-state index contributed by atoms with van der Waals surface area (Å²) in [6.45, 7) is 4.44. The molecule has 0 aromatic heterocycles. The number of hydrogen-bond acceptors (Lipinski definition) is 6. The molecule has 0 saturated carbocycles. The van der Waals surface area contributed by atoms with Crippen LogP contribution in [0, 0.1) is 5.41 Å². The Labute approximate surface area is 259 Å². The van der Waals surface area contributed by atoms with E-state index in [1.807, 2.05) is 42.5 Å². The fourth-order valence-electron chi connectivity index (χ4n) is 6.46. The number of epoxide rings is 1. The Kier molecular flexibility index (Phi) is 8.08. The third-order valence-corrected chi connectivity index (χ3v) is 9.78. The number of rotatable bonds is 9. The van der Waals surface area contributed by atoms with Gasteiger partial charge in [-0.25, -0.2) is 7.91 Å². The second kappa shape index (κ2) is 11.8. The van der Waals surface area contributed by atoms with Crippen molar-refractivity contribution < 1.29 is 23.9 Å². The van der Waals surface area contributed by atoms with Gasteiger partial charge in [-0.1, -0.05) is 50.2 Å². The van der Waals surface area contributed by atoms with E-state index < -0.39 is 6.09 Å². The molecule has 218 valence electrons. The van der Waals surface area contributed by atoms with Crippen LogP contribution in [0.2, 0.25) is 0 Å². The fourth-order valence-corrected chi connectivity index (χ4v) is 8.21. The smallest absolute Gasteiger partial charge is 0.411 e. The number of carbonyl (C=O) groups is 3. The van der Waals surface area contributed by atoms with Crippen molar-refractivity contribution >= 4 is 52.5 Å². The maximum atomic E-state index is 13.2. The first-order chi connectivity index (χ1) is 20.2. The summed E-state index contributed by atoms with van der Waals surface area (Å²) in [4.78, 5) is 36.5. The van der Waals surface area contributed by atoms with E-state index in [-0.39, 0.29) is 35.7 Å². The van der Waals surface area contributed by atoms with Gasteiger partial charge in [0.2, 0.25) is 5.91 Å². The first kappa shape index (κ1) is 28.8. The Balaban J connectivity index is 1.10. The predicted molar refractivity (Wildman–Crippen MR) is 170 cm³/mol. The Bertz CT molecular complexity index is 1480. The molecule has 3 saturated heterocycles. The summed E-state index contributed by atoms with van der Waals surface area (Å²) in [6, 6.07) is 23.1.